The quantitative estimate of drug-likeness (QED) is 0.758. The Morgan fingerprint density at radius 2 is 2.04 bits per heavy atom. The van der Waals surface area contributed by atoms with E-state index in [0.29, 0.717) is 43.1 Å². The molecule has 0 amide bonds. The molecule has 0 bridgehead atoms. The summed E-state index contributed by atoms with van der Waals surface area (Å²) in [6.45, 7) is 7.67. The van der Waals surface area contributed by atoms with Gasteiger partial charge in [-0.3, -0.25) is 9.36 Å². The molecule has 26 heavy (non-hydrogen) atoms. The summed E-state index contributed by atoms with van der Waals surface area (Å²) in [5, 5.41) is 8.69. The zero-order chi connectivity index (χ0) is 18.9. The smallest absolute Gasteiger partial charge is 0.246 e. The van der Waals surface area contributed by atoms with E-state index in [4.69, 9.17) is 4.74 Å². The first-order chi connectivity index (χ1) is 12.4. The number of aromatic nitrogens is 4. The van der Waals surface area contributed by atoms with Gasteiger partial charge in [-0.2, -0.15) is 14.5 Å². The SMILES string of the molecule is CCc1nn(C)c(CC)c1S(=O)(=O)N1CCO[C@@H](c2cnn(CC)c2)C1. The summed E-state index contributed by atoms with van der Waals surface area (Å²) in [5.74, 6) is 0. The molecule has 9 heteroatoms. The van der Waals surface area contributed by atoms with Crippen molar-refractivity contribution in [1.82, 2.24) is 23.9 Å². The molecule has 1 fully saturated rings. The monoisotopic (exact) mass is 381 g/mol. The number of rotatable bonds is 6. The number of hydrogen-bond donors (Lipinski definition) is 0. The van der Waals surface area contributed by atoms with Crippen LogP contribution in [0, 0.1) is 0 Å². The van der Waals surface area contributed by atoms with E-state index < -0.39 is 10.0 Å². The number of aryl methyl sites for hydroxylation is 3. The molecular formula is C17H27N5O3S. The van der Waals surface area contributed by atoms with Gasteiger partial charge in [-0.15, -0.1) is 0 Å². The summed E-state index contributed by atoms with van der Waals surface area (Å²) in [5.41, 5.74) is 2.29. The van der Waals surface area contributed by atoms with Crippen LogP contribution in [0.2, 0.25) is 0 Å². The summed E-state index contributed by atoms with van der Waals surface area (Å²) in [4.78, 5) is 0.370. The third-order valence-electron chi connectivity index (χ3n) is 4.83. The van der Waals surface area contributed by atoms with E-state index in [9.17, 15) is 8.42 Å². The van der Waals surface area contributed by atoms with Crippen molar-refractivity contribution >= 4 is 10.0 Å². The minimum absolute atomic E-state index is 0.291. The predicted octanol–water partition coefficient (Wildman–Crippen LogP) is 1.52. The Morgan fingerprint density at radius 3 is 2.65 bits per heavy atom. The molecule has 3 rings (SSSR count). The Bertz CT molecular complexity index is 871. The zero-order valence-electron chi connectivity index (χ0n) is 15.8. The molecule has 0 aliphatic carbocycles. The molecule has 144 valence electrons. The van der Waals surface area contributed by atoms with Gasteiger partial charge in [0.15, 0.2) is 0 Å². The van der Waals surface area contributed by atoms with Crippen LogP contribution in [0.15, 0.2) is 17.3 Å². The highest BCUT2D eigenvalue weighted by atomic mass is 32.2. The van der Waals surface area contributed by atoms with E-state index in [1.54, 1.807) is 17.9 Å². The normalized spacial score (nSPS) is 19.2. The van der Waals surface area contributed by atoms with Gasteiger partial charge in [-0.05, 0) is 19.8 Å². The molecule has 2 aromatic heterocycles. The highest BCUT2D eigenvalue weighted by Crippen LogP contribution is 2.30. The molecule has 1 aliphatic rings. The lowest BCUT2D eigenvalue weighted by Gasteiger charge is -2.32. The second-order valence-electron chi connectivity index (χ2n) is 6.41. The first kappa shape index (κ1) is 19.1. The van der Waals surface area contributed by atoms with Crippen molar-refractivity contribution in [2.24, 2.45) is 7.05 Å². The van der Waals surface area contributed by atoms with E-state index in [0.717, 1.165) is 17.8 Å². The van der Waals surface area contributed by atoms with Crippen molar-refractivity contribution in [3.05, 3.63) is 29.3 Å². The van der Waals surface area contributed by atoms with Gasteiger partial charge in [0, 0.05) is 38.4 Å². The number of nitrogens with zero attached hydrogens (tertiary/aromatic N) is 5. The minimum Gasteiger partial charge on any atom is -0.371 e. The Labute approximate surface area is 154 Å². The van der Waals surface area contributed by atoms with Crippen molar-refractivity contribution < 1.29 is 13.2 Å². The second-order valence-corrected chi connectivity index (χ2v) is 8.28. The van der Waals surface area contributed by atoms with Gasteiger partial charge in [0.2, 0.25) is 10.0 Å². The Kier molecular flexibility index (Phi) is 5.50. The van der Waals surface area contributed by atoms with Gasteiger partial charge in [-0.1, -0.05) is 13.8 Å². The molecule has 0 N–H and O–H groups in total. The Hall–Kier alpha value is -1.71. The lowest BCUT2D eigenvalue weighted by atomic mass is 10.2. The van der Waals surface area contributed by atoms with Crippen LogP contribution in [-0.4, -0.2) is 52.0 Å². The topological polar surface area (TPSA) is 82.2 Å². The molecule has 3 heterocycles. The van der Waals surface area contributed by atoms with Crippen LogP contribution in [0.4, 0.5) is 0 Å². The minimum atomic E-state index is -3.62. The summed E-state index contributed by atoms with van der Waals surface area (Å²) >= 11 is 0. The van der Waals surface area contributed by atoms with Crippen molar-refractivity contribution in [2.75, 3.05) is 19.7 Å². The highest BCUT2D eigenvalue weighted by Gasteiger charge is 2.36. The molecule has 0 radical (unpaired) electrons. The van der Waals surface area contributed by atoms with Crippen LogP contribution in [0.1, 0.15) is 43.8 Å². The molecule has 2 aromatic rings. The fourth-order valence-electron chi connectivity index (χ4n) is 3.41. The molecule has 1 aliphatic heterocycles. The number of ether oxygens (including phenoxy) is 1. The van der Waals surface area contributed by atoms with Crippen molar-refractivity contribution in [3.63, 3.8) is 0 Å². The number of sulfonamides is 1. The van der Waals surface area contributed by atoms with E-state index >= 15 is 0 Å². The molecule has 1 atom stereocenters. The van der Waals surface area contributed by atoms with Crippen molar-refractivity contribution in [2.45, 2.75) is 51.2 Å². The maximum atomic E-state index is 13.4. The predicted molar refractivity (Wildman–Crippen MR) is 97.3 cm³/mol. The van der Waals surface area contributed by atoms with E-state index in [2.05, 4.69) is 10.2 Å². The Balaban J connectivity index is 1.92. The van der Waals surface area contributed by atoms with E-state index in [-0.39, 0.29) is 6.10 Å². The second kappa shape index (κ2) is 7.50. The van der Waals surface area contributed by atoms with Crippen LogP contribution in [-0.2, 0) is 41.2 Å². The molecule has 1 saturated heterocycles. The van der Waals surface area contributed by atoms with Crippen LogP contribution < -0.4 is 0 Å². The summed E-state index contributed by atoms with van der Waals surface area (Å²) in [6.07, 6.45) is 4.57. The lowest BCUT2D eigenvalue weighted by Crippen LogP contribution is -2.42. The molecule has 0 aromatic carbocycles. The van der Waals surface area contributed by atoms with Gasteiger partial charge < -0.3 is 4.74 Å². The average Bonchev–Trinajstić information content (AvgIpc) is 3.25. The first-order valence-electron chi connectivity index (χ1n) is 9.11. The fraction of sp³-hybridized carbons (Fsp3) is 0.647. The molecule has 0 saturated carbocycles. The van der Waals surface area contributed by atoms with Gasteiger partial charge in [-0.25, -0.2) is 8.42 Å². The summed E-state index contributed by atoms with van der Waals surface area (Å²) < 4.78 is 37.6. The molecular weight excluding hydrogens is 354 g/mol. The first-order valence-corrected chi connectivity index (χ1v) is 10.5. The highest BCUT2D eigenvalue weighted by molar-refractivity contribution is 7.89. The number of morpholine rings is 1. The van der Waals surface area contributed by atoms with Crippen LogP contribution >= 0.6 is 0 Å². The van der Waals surface area contributed by atoms with Crippen LogP contribution in [0.25, 0.3) is 0 Å². The van der Waals surface area contributed by atoms with E-state index in [1.807, 2.05) is 31.6 Å². The van der Waals surface area contributed by atoms with Gasteiger partial charge in [0.25, 0.3) is 0 Å². The van der Waals surface area contributed by atoms with Gasteiger partial charge >= 0.3 is 0 Å². The fourth-order valence-corrected chi connectivity index (χ4v) is 5.37. The maximum absolute atomic E-state index is 13.4. The number of hydrogen-bond acceptors (Lipinski definition) is 5. The van der Waals surface area contributed by atoms with Crippen LogP contribution in [0.5, 0.6) is 0 Å². The van der Waals surface area contributed by atoms with Crippen molar-refractivity contribution in [3.8, 4) is 0 Å². The molecule has 0 spiro atoms. The van der Waals surface area contributed by atoms with Gasteiger partial charge in [0.05, 0.1) is 30.3 Å². The zero-order valence-corrected chi connectivity index (χ0v) is 16.7. The standard InChI is InChI=1S/C17H27N5O3S/c1-5-14-17(15(6-2)20(4)19-14)26(23,24)22-8-9-25-16(12-22)13-10-18-21(7-3)11-13/h10-11,16H,5-9,12H2,1-4H3/t16-/m1/s1. The third-order valence-corrected chi connectivity index (χ3v) is 6.83. The van der Waals surface area contributed by atoms with E-state index in [1.165, 1.54) is 4.31 Å². The average molecular weight is 382 g/mol. The van der Waals surface area contributed by atoms with Crippen molar-refractivity contribution in [1.29, 1.82) is 0 Å². The lowest BCUT2D eigenvalue weighted by molar-refractivity contribution is -0.00263. The van der Waals surface area contributed by atoms with Crippen LogP contribution in [0.3, 0.4) is 0 Å². The summed E-state index contributed by atoms with van der Waals surface area (Å²) in [6, 6.07) is 0. The molecule has 8 nitrogen and oxygen atoms in total. The Morgan fingerprint density at radius 1 is 1.27 bits per heavy atom. The third kappa shape index (κ3) is 3.30. The summed E-state index contributed by atoms with van der Waals surface area (Å²) in [7, 11) is -1.82. The molecule has 0 unspecified atom stereocenters. The van der Waals surface area contributed by atoms with Gasteiger partial charge in [0.1, 0.15) is 4.90 Å². The largest absolute Gasteiger partial charge is 0.371 e. The maximum Gasteiger partial charge on any atom is 0.246 e.